The third kappa shape index (κ3) is 4.19. The number of benzene rings is 2. The molecule has 1 aliphatic heterocycles. The van der Waals surface area contributed by atoms with Crippen LogP contribution in [0.5, 0.6) is 11.5 Å². The maximum Gasteiger partial charge on any atom is 0.167 e. The number of ketones is 1. The van der Waals surface area contributed by atoms with E-state index in [0.717, 1.165) is 41.8 Å². The van der Waals surface area contributed by atoms with Crippen molar-refractivity contribution in [3.8, 4) is 11.5 Å². The number of piperidine rings is 1. The van der Waals surface area contributed by atoms with Gasteiger partial charge >= 0.3 is 0 Å². The van der Waals surface area contributed by atoms with Crippen molar-refractivity contribution in [1.29, 1.82) is 0 Å². The molecule has 1 heterocycles. The Morgan fingerprint density at radius 3 is 2.85 bits per heavy atom. The van der Waals surface area contributed by atoms with Crippen LogP contribution < -0.4 is 4.74 Å². The fourth-order valence-corrected chi connectivity index (χ4v) is 3.82. The van der Waals surface area contributed by atoms with Gasteiger partial charge in [-0.25, -0.2) is 0 Å². The molecule has 5 heteroatoms. The van der Waals surface area contributed by atoms with Gasteiger partial charge in [-0.15, -0.1) is 0 Å². The number of ether oxygens (including phenoxy) is 1. The number of Topliss-reactive ketones (excluding diaryl/α,β-unsaturated/α-hetero) is 1. The van der Waals surface area contributed by atoms with Crippen molar-refractivity contribution < 1.29 is 14.6 Å². The molecule has 26 heavy (non-hydrogen) atoms. The highest BCUT2D eigenvalue weighted by molar-refractivity contribution is 6.30. The molecular formula is C21H24ClNO3. The summed E-state index contributed by atoms with van der Waals surface area (Å²) in [5.74, 6) is 1.13. The Balaban J connectivity index is 1.72. The molecule has 2 aromatic carbocycles. The van der Waals surface area contributed by atoms with Gasteiger partial charge in [-0.05, 0) is 68.3 Å². The summed E-state index contributed by atoms with van der Waals surface area (Å²) in [6.45, 7) is 4.14. The molecule has 4 nitrogen and oxygen atoms in total. The number of carbonyl (C=O) groups excluding carboxylic acids is 1. The lowest BCUT2D eigenvalue weighted by Gasteiger charge is -2.32. The summed E-state index contributed by atoms with van der Waals surface area (Å²) in [5.41, 5.74) is 2.50. The van der Waals surface area contributed by atoms with Gasteiger partial charge in [-0.1, -0.05) is 11.6 Å². The van der Waals surface area contributed by atoms with Gasteiger partial charge in [0.2, 0.25) is 0 Å². The smallest absolute Gasteiger partial charge is 0.167 e. The normalized spacial score (nSPS) is 17.9. The average Bonchev–Trinajstić information content (AvgIpc) is 2.63. The number of rotatable bonds is 5. The number of methoxy groups -OCH3 is 1. The Kier molecular flexibility index (Phi) is 5.84. The summed E-state index contributed by atoms with van der Waals surface area (Å²) in [6.07, 6.45) is 1.86. The zero-order valence-corrected chi connectivity index (χ0v) is 15.9. The number of hydrogen-bond donors (Lipinski definition) is 1. The maximum absolute atomic E-state index is 13.0. The number of halogens is 1. The first-order chi connectivity index (χ1) is 12.5. The molecule has 1 fully saturated rings. The van der Waals surface area contributed by atoms with Crippen molar-refractivity contribution in [3.63, 3.8) is 0 Å². The van der Waals surface area contributed by atoms with Gasteiger partial charge in [-0.3, -0.25) is 9.69 Å². The van der Waals surface area contributed by atoms with E-state index in [9.17, 15) is 9.90 Å². The number of likely N-dealkylation sites (tertiary alicyclic amines) is 1. The summed E-state index contributed by atoms with van der Waals surface area (Å²) in [4.78, 5) is 15.2. The number of nitrogens with zero attached hydrogens (tertiary/aromatic N) is 1. The largest absolute Gasteiger partial charge is 0.508 e. The summed E-state index contributed by atoms with van der Waals surface area (Å²) >= 11 is 6.01. The summed E-state index contributed by atoms with van der Waals surface area (Å²) in [7, 11) is 1.61. The number of hydrogen-bond acceptors (Lipinski definition) is 4. The highest BCUT2D eigenvalue weighted by Crippen LogP contribution is 2.28. The fourth-order valence-electron chi connectivity index (χ4n) is 3.59. The van der Waals surface area contributed by atoms with Crippen molar-refractivity contribution in [2.45, 2.75) is 26.3 Å². The molecule has 0 aliphatic carbocycles. The molecule has 0 bridgehead atoms. The number of aryl methyl sites for hydroxylation is 1. The van der Waals surface area contributed by atoms with Crippen LogP contribution in [0.3, 0.4) is 0 Å². The minimum Gasteiger partial charge on any atom is -0.508 e. The van der Waals surface area contributed by atoms with Crippen molar-refractivity contribution >= 4 is 17.4 Å². The summed E-state index contributed by atoms with van der Waals surface area (Å²) < 4.78 is 5.24. The minimum absolute atomic E-state index is 0.0311. The molecular weight excluding hydrogens is 350 g/mol. The standard InChI is InChI=1S/C21H24ClNO3/c1-14-10-17(22)5-7-19(14)21(25)15-4-3-9-23(12-15)13-16-11-18(26-2)6-8-20(16)24/h5-8,10-11,15,24H,3-4,9,12-13H2,1-2H3/t15-/m1/s1. The molecule has 138 valence electrons. The summed E-state index contributed by atoms with van der Waals surface area (Å²) in [5, 5.41) is 10.8. The Morgan fingerprint density at radius 2 is 2.12 bits per heavy atom. The van der Waals surface area contributed by atoms with E-state index < -0.39 is 0 Å². The Hall–Kier alpha value is -2.04. The molecule has 0 amide bonds. The van der Waals surface area contributed by atoms with E-state index in [1.165, 1.54) is 0 Å². The van der Waals surface area contributed by atoms with Gasteiger partial charge in [0.15, 0.2) is 5.78 Å². The molecule has 1 atom stereocenters. The Labute approximate surface area is 159 Å². The molecule has 1 aliphatic rings. The van der Waals surface area contributed by atoms with Crippen LogP contribution in [0.2, 0.25) is 5.02 Å². The second-order valence-corrected chi connectivity index (χ2v) is 7.33. The molecule has 0 saturated carbocycles. The highest BCUT2D eigenvalue weighted by Gasteiger charge is 2.27. The third-order valence-corrected chi connectivity index (χ3v) is 5.25. The van der Waals surface area contributed by atoms with Crippen molar-refractivity contribution in [2.75, 3.05) is 20.2 Å². The van der Waals surface area contributed by atoms with Crippen LogP contribution in [-0.4, -0.2) is 36.0 Å². The fraction of sp³-hybridized carbons (Fsp3) is 0.381. The molecule has 0 radical (unpaired) electrons. The van der Waals surface area contributed by atoms with Gasteiger partial charge in [0.25, 0.3) is 0 Å². The first kappa shape index (κ1) is 18.7. The molecule has 1 N–H and O–H groups in total. The second-order valence-electron chi connectivity index (χ2n) is 6.89. The van der Waals surface area contributed by atoms with Crippen LogP contribution in [-0.2, 0) is 6.54 Å². The highest BCUT2D eigenvalue weighted by atomic mass is 35.5. The molecule has 0 unspecified atom stereocenters. The zero-order chi connectivity index (χ0) is 18.7. The second kappa shape index (κ2) is 8.11. The van der Waals surface area contributed by atoms with E-state index in [1.807, 2.05) is 25.1 Å². The lowest BCUT2D eigenvalue weighted by Crippen LogP contribution is -2.38. The Morgan fingerprint density at radius 1 is 1.31 bits per heavy atom. The van der Waals surface area contributed by atoms with E-state index in [2.05, 4.69) is 4.90 Å². The first-order valence-electron chi connectivity index (χ1n) is 8.86. The third-order valence-electron chi connectivity index (χ3n) is 5.01. The van der Waals surface area contributed by atoms with Gasteiger partial charge in [0.1, 0.15) is 11.5 Å². The van der Waals surface area contributed by atoms with Crippen LogP contribution in [0.15, 0.2) is 36.4 Å². The molecule has 1 saturated heterocycles. The quantitative estimate of drug-likeness (QED) is 0.786. The lowest BCUT2D eigenvalue weighted by molar-refractivity contribution is 0.0810. The monoisotopic (exact) mass is 373 g/mol. The number of aromatic hydroxyl groups is 1. The molecule has 0 aromatic heterocycles. The Bertz CT molecular complexity index is 806. The predicted molar refractivity (Wildman–Crippen MR) is 103 cm³/mol. The van der Waals surface area contributed by atoms with Gasteiger partial charge in [0.05, 0.1) is 7.11 Å². The van der Waals surface area contributed by atoms with Crippen LogP contribution in [0.25, 0.3) is 0 Å². The lowest BCUT2D eigenvalue weighted by atomic mass is 9.88. The van der Waals surface area contributed by atoms with Crippen molar-refractivity contribution in [2.24, 2.45) is 5.92 Å². The van der Waals surface area contributed by atoms with Gasteiger partial charge in [-0.2, -0.15) is 0 Å². The van der Waals surface area contributed by atoms with Crippen LogP contribution in [0, 0.1) is 12.8 Å². The van der Waals surface area contributed by atoms with Crippen molar-refractivity contribution in [3.05, 3.63) is 58.1 Å². The SMILES string of the molecule is COc1ccc(O)c(CN2CCC[C@@H](C(=O)c3ccc(Cl)cc3C)C2)c1. The zero-order valence-electron chi connectivity index (χ0n) is 15.2. The van der Waals surface area contributed by atoms with Crippen LogP contribution in [0.4, 0.5) is 0 Å². The van der Waals surface area contributed by atoms with Crippen molar-refractivity contribution in [1.82, 2.24) is 4.90 Å². The van der Waals surface area contributed by atoms with Gasteiger partial charge < -0.3 is 9.84 Å². The molecule has 0 spiro atoms. The topological polar surface area (TPSA) is 49.8 Å². The van der Waals surface area contributed by atoms with E-state index in [4.69, 9.17) is 16.3 Å². The van der Waals surface area contributed by atoms with Crippen LogP contribution in [0.1, 0.15) is 34.3 Å². The average molecular weight is 374 g/mol. The maximum atomic E-state index is 13.0. The van der Waals surface area contributed by atoms with E-state index in [1.54, 1.807) is 25.3 Å². The van der Waals surface area contributed by atoms with E-state index >= 15 is 0 Å². The van der Waals surface area contributed by atoms with Gasteiger partial charge in [0, 0.05) is 35.2 Å². The predicted octanol–water partition coefficient (Wildman–Crippen LogP) is 4.46. The first-order valence-corrected chi connectivity index (χ1v) is 9.24. The minimum atomic E-state index is -0.0311. The number of phenolic OH excluding ortho intramolecular Hbond substituents is 1. The number of phenols is 1. The van der Waals surface area contributed by atoms with E-state index in [-0.39, 0.29) is 17.5 Å². The van der Waals surface area contributed by atoms with E-state index in [0.29, 0.717) is 18.1 Å². The molecule has 3 rings (SSSR count). The number of carbonyl (C=O) groups is 1. The summed E-state index contributed by atoms with van der Waals surface area (Å²) in [6, 6.07) is 10.7. The molecule has 2 aromatic rings. The van der Waals surface area contributed by atoms with Crippen LogP contribution >= 0.6 is 11.6 Å².